The number of nitrogens with zero attached hydrogens (tertiary/aromatic N) is 4. The predicted octanol–water partition coefficient (Wildman–Crippen LogP) is 3.27. The molecule has 0 N–H and O–H groups in total. The maximum atomic E-state index is 13.3. The lowest BCUT2D eigenvalue weighted by Crippen LogP contribution is -2.29. The number of amides is 1. The van der Waals surface area contributed by atoms with Gasteiger partial charge in [0.05, 0.1) is 5.75 Å². The fourth-order valence-corrected chi connectivity index (χ4v) is 3.91. The smallest absolute Gasteiger partial charge is 0.233 e. The first kappa shape index (κ1) is 16.1. The van der Waals surface area contributed by atoms with E-state index in [0.29, 0.717) is 16.6 Å². The Bertz CT molecular complexity index is 903. The van der Waals surface area contributed by atoms with Gasteiger partial charge in [-0.3, -0.25) is 9.36 Å². The quantitative estimate of drug-likeness (QED) is 0.673. The minimum absolute atomic E-state index is 0.133. The second-order valence-electron chi connectivity index (χ2n) is 5.93. The number of hydrogen-bond donors (Lipinski definition) is 0. The number of imidazole rings is 1. The van der Waals surface area contributed by atoms with Crippen LogP contribution in [0.15, 0.2) is 47.8 Å². The van der Waals surface area contributed by atoms with E-state index >= 15 is 0 Å². The van der Waals surface area contributed by atoms with Gasteiger partial charge in [0.2, 0.25) is 5.91 Å². The average molecular weight is 356 g/mol. The number of fused-ring (bicyclic) bond motifs is 1. The van der Waals surface area contributed by atoms with Crippen molar-refractivity contribution in [3.8, 4) is 5.69 Å². The molecule has 1 amide bonds. The van der Waals surface area contributed by atoms with Gasteiger partial charge in [0.15, 0.2) is 10.8 Å². The van der Waals surface area contributed by atoms with E-state index in [2.05, 4.69) is 9.97 Å². The second kappa shape index (κ2) is 6.84. The molecule has 4 rings (SSSR count). The van der Waals surface area contributed by atoms with Gasteiger partial charge in [0.25, 0.3) is 0 Å². The van der Waals surface area contributed by atoms with Crippen molar-refractivity contribution in [2.45, 2.75) is 18.0 Å². The highest BCUT2D eigenvalue weighted by Crippen LogP contribution is 2.27. The Balaban J connectivity index is 1.66. The number of thioether (sulfide) groups is 1. The number of hydrogen-bond acceptors (Lipinski definition) is 4. The Morgan fingerprint density at radius 1 is 1.16 bits per heavy atom. The van der Waals surface area contributed by atoms with Crippen LogP contribution in [0.1, 0.15) is 12.8 Å². The number of aromatic nitrogens is 3. The van der Waals surface area contributed by atoms with E-state index in [0.717, 1.165) is 37.1 Å². The first-order chi connectivity index (χ1) is 12.2. The monoisotopic (exact) mass is 356 g/mol. The van der Waals surface area contributed by atoms with Crippen molar-refractivity contribution in [3.63, 3.8) is 0 Å². The third kappa shape index (κ3) is 3.24. The third-order valence-corrected chi connectivity index (χ3v) is 5.18. The highest BCUT2D eigenvalue weighted by atomic mass is 32.2. The van der Waals surface area contributed by atoms with Gasteiger partial charge in [-0.1, -0.05) is 11.8 Å². The van der Waals surface area contributed by atoms with E-state index in [-0.39, 0.29) is 11.7 Å². The van der Waals surface area contributed by atoms with Crippen molar-refractivity contribution in [2.75, 3.05) is 18.8 Å². The van der Waals surface area contributed by atoms with Crippen LogP contribution in [-0.4, -0.2) is 44.2 Å². The Morgan fingerprint density at radius 3 is 2.68 bits per heavy atom. The van der Waals surface area contributed by atoms with Crippen molar-refractivity contribution in [3.05, 3.63) is 48.4 Å². The standard InChI is InChI=1S/C18H17FN4OS/c19-13-5-7-14(8-6-13)23-17-15(4-3-9-20-17)21-18(23)25-12-16(24)22-10-1-2-11-22/h3-9H,1-2,10-12H2. The molecule has 2 aromatic heterocycles. The summed E-state index contributed by atoms with van der Waals surface area (Å²) in [5, 5.41) is 0.688. The first-order valence-electron chi connectivity index (χ1n) is 8.22. The Hall–Kier alpha value is -2.41. The maximum absolute atomic E-state index is 13.3. The summed E-state index contributed by atoms with van der Waals surface area (Å²) in [6, 6.07) is 9.92. The van der Waals surface area contributed by atoms with E-state index in [1.165, 1.54) is 23.9 Å². The molecule has 1 saturated heterocycles. The minimum atomic E-state index is -0.292. The van der Waals surface area contributed by atoms with Crippen LogP contribution in [0.2, 0.25) is 0 Å². The molecule has 1 aliphatic rings. The van der Waals surface area contributed by atoms with Crippen LogP contribution >= 0.6 is 11.8 Å². The van der Waals surface area contributed by atoms with E-state index in [1.54, 1.807) is 18.3 Å². The lowest BCUT2D eigenvalue weighted by atomic mass is 10.3. The summed E-state index contributed by atoms with van der Waals surface area (Å²) in [5.74, 6) is 0.178. The zero-order chi connectivity index (χ0) is 17.2. The molecular formula is C18H17FN4OS. The average Bonchev–Trinajstić information content (AvgIpc) is 3.28. The summed E-state index contributed by atoms with van der Waals surface area (Å²) < 4.78 is 15.1. The third-order valence-electron chi connectivity index (χ3n) is 4.25. The Morgan fingerprint density at radius 2 is 1.92 bits per heavy atom. The van der Waals surface area contributed by atoms with Crippen LogP contribution in [0, 0.1) is 5.82 Å². The molecular weight excluding hydrogens is 339 g/mol. The molecule has 0 atom stereocenters. The molecule has 5 nitrogen and oxygen atoms in total. The molecule has 0 aliphatic carbocycles. The number of rotatable bonds is 4. The van der Waals surface area contributed by atoms with Gasteiger partial charge in [-0.05, 0) is 49.2 Å². The van der Waals surface area contributed by atoms with E-state index in [1.807, 2.05) is 21.6 Å². The largest absolute Gasteiger partial charge is 0.342 e. The molecule has 25 heavy (non-hydrogen) atoms. The fourth-order valence-electron chi connectivity index (χ4n) is 3.00. The Kier molecular flexibility index (Phi) is 4.40. The minimum Gasteiger partial charge on any atom is -0.342 e. The summed E-state index contributed by atoms with van der Waals surface area (Å²) in [5.41, 5.74) is 2.23. The Labute approximate surface area is 148 Å². The van der Waals surface area contributed by atoms with Crippen molar-refractivity contribution in [1.29, 1.82) is 0 Å². The first-order valence-corrected chi connectivity index (χ1v) is 9.21. The van der Waals surface area contributed by atoms with Gasteiger partial charge in [0.1, 0.15) is 11.3 Å². The van der Waals surface area contributed by atoms with Crippen LogP contribution in [0.5, 0.6) is 0 Å². The molecule has 1 fully saturated rings. The molecule has 3 aromatic rings. The molecule has 0 unspecified atom stereocenters. The zero-order valence-electron chi connectivity index (χ0n) is 13.6. The van der Waals surface area contributed by atoms with Crippen LogP contribution in [0.4, 0.5) is 4.39 Å². The van der Waals surface area contributed by atoms with Gasteiger partial charge in [0, 0.05) is 25.0 Å². The molecule has 0 saturated carbocycles. The van der Waals surface area contributed by atoms with Crippen LogP contribution in [-0.2, 0) is 4.79 Å². The molecule has 0 radical (unpaired) electrons. The highest BCUT2D eigenvalue weighted by Gasteiger charge is 2.20. The summed E-state index contributed by atoms with van der Waals surface area (Å²) in [6.07, 6.45) is 3.86. The highest BCUT2D eigenvalue weighted by molar-refractivity contribution is 7.99. The van der Waals surface area contributed by atoms with Gasteiger partial charge in [-0.25, -0.2) is 14.4 Å². The van der Waals surface area contributed by atoms with Crippen LogP contribution < -0.4 is 0 Å². The molecule has 1 aromatic carbocycles. The summed E-state index contributed by atoms with van der Waals surface area (Å²) in [7, 11) is 0. The number of benzene rings is 1. The normalized spacial score (nSPS) is 14.4. The SMILES string of the molecule is O=C(CSc1nc2cccnc2n1-c1ccc(F)cc1)N1CCCC1. The van der Waals surface area contributed by atoms with Crippen molar-refractivity contribution in [2.24, 2.45) is 0 Å². The topological polar surface area (TPSA) is 51.0 Å². The maximum Gasteiger partial charge on any atom is 0.233 e. The van der Waals surface area contributed by atoms with Crippen LogP contribution in [0.3, 0.4) is 0 Å². The van der Waals surface area contributed by atoms with Crippen molar-refractivity contribution >= 4 is 28.8 Å². The lowest BCUT2D eigenvalue weighted by molar-refractivity contribution is -0.127. The molecule has 7 heteroatoms. The van der Waals surface area contributed by atoms with Gasteiger partial charge >= 0.3 is 0 Å². The fraction of sp³-hybridized carbons (Fsp3) is 0.278. The van der Waals surface area contributed by atoms with E-state index < -0.39 is 0 Å². The molecule has 1 aliphatic heterocycles. The number of carbonyl (C=O) groups is 1. The number of pyridine rings is 1. The van der Waals surface area contributed by atoms with Crippen molar-refractivity contribution < 1.29 is 9.18 Å². The van der Waals surface area contributed by atoms with Gasteiger partial charge in [-0.15, -0.1) is 0 Å². The van der Waals surface area contributed by atoms with Gasteiger partial charge < -0.3 is 4.90 Å². The van der Waals surface area contributed by atoms with E-state index in [4.69, 9.17) is 0 Å². The van der Waals surface area contributed by atoms with E-state index in [9.17, 15) is 9.18 Å². The number of carbonyl (C=O) groups excluding carboxylic acids is 1. The van der Waals surface area contributed by atoms with Crippen molar-refractivity contribution in [1.82, 2.24) is 19.4 Å². The molecule has 0 bridgehead atoms. The number of likely N-dealkylation sites (tertiary alicyclic amines) is 1. The summed E-state index contributed by atoms with van der Waals surface area (Å²) >= 11 is 1.39. The van der Waals surface area contributed by atoms with Crippen LogP contribution in [0.25, 0.3) is 16.9 Å². The van der Waals surface area contributed by atoms with Gasteiger partial charge in [-0.2, -0.15) is 0 Å². The predicted molar refractivity (Wildman–Crippen MR) is 95.4 cm³/mol. The number of halogens is 1. The lowest BCUT2D eigenvalue weighted by Gasteiger charge is -2.14. The zero-order valence-corrected chi connectivity index (χ0v) is 14.4. The summed E-state index contributed by atoms with van der Waals surface area (Å²) in [6.45, 7) is 1.69. The molecule has 0 spiro atoms. The molecule has 128 valence electrons. The second-order valence-corrected chi connectivity index (χ2v) is 6.87. The summed E-state index contributed by atoms with van der Waals surface area (Å²) in [4.78, 5) is 23.2. The molecule has 3 heterocycles.